The molecule has 0 aliphatic rings. The molecule has 4 N–H and O–H groups in total. The molecule has 0 aromatic carbocycles. The van der Waals surface area contributed by atoms with Crippen molar-refractivity contribution in [2.24, 2.45) is 5.92 Å². The van der Waals surface area contributed by atoms with E-state index in [1.54, 1.807) is 0 Å². The molecule has 0 saturated heterocycles. The van der Waals surface area contributed by atoms with Gasteiger partial charge in [-0.15, -0.1) is 0 Å². The van der Waals surface area contributed by atoms with Crippen molar-refractivity contribution in [3.63, 3.8) is 0 Å². The Labute approximate surface area is 111 Å². The van der Waals surface area contributed by atoms with Crippen molar-refractivity contribution in [3.8, 4) is 0 Å². The van der Waals surface area contributed by atoms with E-state index in [2.05, 4.69) is 25.8 Å². The number of hydrogen-bond donors (Lipinski definition) is 4. The highest BCUT2D eigenvalue weighted by atomic mass is 16.4. The van der Waals surface area contributed by atoms with Gasteiger partial charge >= 0.3 is 12.0 Å². The molecular weight excluding hydrogens is 250 g/mol. The minimum atomic E-state index is -0.848. The molecule has 1 atom stereocenters. The monoisotopic (exact) mass is 269 g/mol. The van der Waals surface area contributed by atoms with Crippen LogP contribution in [0.1, 0.15) is 25.6 Å². The second-order valence-corrected chi connectivity index (χ2v) is 4.19. The zero-order valence-electron chi connectivity index (χ0n) is 10.8. The molecule has 8 nitrogen and oxygen atoms in total. The van der Waals surface area contributed by atoms with Crippen molar-refractivity contribution in [2.75, 3.05) is 13.1 Å². The average molecular weight is 269 g/mol. The predicted octanol–water partition coefficient (Wildman–Crippen LogP) is 0.147. The summed E-state index contributed by atoms with van der Waals surface area (Å²) in [6.45, 7) is 2.70. The summed E-state index contributed by atoms with van der Waals surface area (Å²) in [6.07, 6.45) is 2.76. The Kier molecular flexibility index (Phi) is 6.34. The number of carboxylic acids is 1. The van der Waals surface area contributed by atoms with Gasteiger partial charge in [0.15, 0.2) is 0 Å². The van der Waals surface area contributed by atoms with Crippen LogP contribution >= 0.6 is 0 Å². The molecule has 0 spiro atoms. The topological polar surface area (TPSA) is 120 Å². The molecule has 2 amide bonds. The molecule has 19 heavy (non-hydrogen) atoms. The zero-order chi connectivity index (χ0) is 14.1. The van der Waals surface area contributed by atoms with Gasteiger partial charge < -0.3 is 15.7 Å². The number of nitrogens with zero attached hydrogens (tertiary/aromatic N) is 2. The Bertz CT molecular complexity index is 393. The second kappa shape index (κ2) is 8.06. The fourth-order valence-electron chi connectivity index (χ4n) is 1.55. The minimum absolute atomic E-state index is 0.0440. The van der Waals surface area contributed by atoms with Gasteiger partial charge in [-0.05, 0) is 5.92 Å². The lowest BCUT2D eigenvalue weighted by Crippen LogP contribution is -2.39. The maximum atomic E-state index is 11.5. The molecule has 1 aromatic heterocycles. The molecule has 1 unspecified atom stereocenters. The average Bonchev–Trinajstić information content (AvgIpc) is 2.87. The third-order valence-electron chi connectivity index (χ3n) is 2.70. The van der Waals surface area contributed by atoms with Crippen LogP contribution in [-0.2, 0) is 11.2 Å². The lowest BCUT2D eigenvalue weighted by molar-refractivity contribution is -0.138. The van der Waals surface area contributed by atoms with E-state index < -0.39 is 5.97 Å². The molecule has 1 rings (SSSR count). The molecule has 0 fully saturated rings. The highest BCUT2D eigenvalue weighted by Crippen LogP contribution is 2.06. The van der Waals surface area contributed by atoms with Crippen molar-refractivity contribution in [3.05, 3.63) is 12.2 Å². The quantitative estimate of drug-likeness (QED) is 0.535. The van der Waals surface area contributed by atoms with Crippen molar-refractivity contribution >= 4 is 12.0 Å². The molecule has 0 saturated carbocycles. The highest BCUT2D eigenvalue weighted by Gasteiger charge is 2.12. The van der Waals surface area contributed by atoms with Gasteiger partial charge in [0.25, 0.3) is 0 Å². The Hall–Kier alpha value is -2.12. The number of aliphatic carboxylic acids is 1. The summed E-state index contributed by atoms with van der Waals surface area (Å²) in [5.41, 5.74) is 0. The summed E-state index contributed by atoms with van der Waals surface area (Å²) in [6, 6.07) is -0.302. The Balaban J connectivity index is 2.14. The van der Waals surface area contributed by atoms with Gasteiger partial charge in [-0.2, -0.15) is 5.10 Å². The number of rotatable bonds is 8. The van der Waals surface area contributed by atoms with Gasteiger partial charge in [0.2, 0.25) is 0 Å². The molecule has 0 aliphatic heterocycles. The van der Waals surface area contributed by atoms with Crippen LogP contribution in [0.2, 0.25) is 0 Å². The van der Waals surface area contributed by atoms with Gasteiger partial charge in [0.1, 0.15) is 12.2 Å². The standard InChI is InChI=1S/C11H19N5O3/c1-2-8(5-10(17)18)6-13-11(19)12-4-3-9-14-7-15-16-9/h7-8H,2-6H2,1H3,(H,17,18)(H2,12,13,19)(H,14,15,16). The first-order valence-electron chi connectivity index (χ1n) is 6.19. The van der Waals surface area contributed by atoms with E-state index >= 15 is 0 Å². The number of amides is 2. The Morgan fingerprint density at radius 1 is 1.47 bits per heavy atom. The number of carbonyl (C=O) groups excluding carboxylic acids is 1. The number of H-pyrrole nitrogens is 1. The van der Waals surface area contributed by atoms with E-state index in [-0.39, 0.29) is 18.4 Å². The van der Waals surface area contributed by atoms with Crippen molar-refractivity contribution in [1.29, 1.82) is 0 Å². The summed E-state index contributed by atoms with van der Waals surface area (Å²) in [7, 11) is 0. The first-order chi connectivity index (χ1) is 9.11. The summed E-state index contributed by atoms with van der Waals surface area (Å²) < 4.78 is 0. The number of aromatic nitrogens is 3. The van der Waals surface area contributed by atoms with E-state index in [4.69, 9.17) is 5.11 Å². The third kappa shape index (κ3) is 6.39. The summed E-state index contributed by atoms with van der Waals surface area (Å²) in [5, 5.41) is 20.4. The molecular formula is C11H19N5O3. The molecule has 1 aromatic rings. The van der Waals surface area contributed by atoms with E-state index in [1.807, 2.05) is 6.92 Å². The Morgan fingerprint density at radius 3 is 2.84 bits per heavy atom. The zero-order valence-corrected chi connectivity index (χ0v) is 10.8. The van der Waals surface area contributed by atoms with Gasteiger partial charge in [-0.3, -0.25) is 9.89 Å². The maximum Gasteiger partial charge on any atom is 0.314 e. The molecule has 0 bridgehead atoms. The van der Waals surface area contributed by atoms with Crippen molar-refractivity contribution in [1.82, 2.24) is 25.8 Å². The van der Waals surface area contributed by atoms with E-state index in [0.717, 1.165) is 0 Å². The molecule has 8 heteroatoms. The highest BCUT2D eigenvalue weighted by molar-refractivity contribution is 5.74. The summed E-state index contributed by atoms with van der Waals surface area (Å²) >= 11 is 0. The number of aromatic amines is 1. The van der Waals surface area contributed by atoms with Crippen molar-refractivity contribution in [2.45, 2.75) is 26.2 Å². The third-order valence-corrected chi connectivity index (χ3v) is 2.70. The largest absolute Gasteiger partial charge is 0.481 e. The predicted molar refractivity (Wildman–Crippen MR) is 67.5 cm³/mol. The summed E-state index contributed by atoms with van der Waals surface area (Å²) in [4.78, 5) is 26.0. The lowest BCUT2D eigenvalue weighted by atomic mass is 10.0. The van der Waals surface area contributed by atoms with Gasteiger partial charge in [0.05, 0.1) is 0 Å². The van der Waals surface area contributed by atoms with Crippen LogP contribution in [0, 0.1) is 5.92 Å². The molecule has 0 aliphatic carbocycles. The van der Waals surface area contributed by atoms with Crippen LogP contribution in [0.15, 0.2) is 6.33 Å². The Morgan fingerprint density at radius 2 is 2.26 bits per heavy atom. The van der Waals surface area contributed by atoms with Crippen molar-refractivity contribution < 1.29 is 14.7 Å². The van der Waals surface area contributed by atoms with Crippen LogP contribution in [-0.4, -0.2) is 45.4 Å². The maximum absolute atomic E-state index is 11.5. The molecule has 0 radical (unpaired) electrons. The number of urea groups is 1. The normalized spacial score (nSPS) is 11.8. The van der Waals surface area contributed by atoms with Crippen LogP contribution in [0.3, 0.4) is 0 Å². The van der Waals surface area contributed by atoms with E-state index in [9.17, 15) is 9.59 Å². The lowest BCUT2D eigenvalue weighted by Gasteiger charge is -2.13. The van der Waals surface area contributed by atoms with E-state index in [0.29, 0.717) is 31.8 Å². The van der Waals surface area contributed by atoms with Crippen LogP contribution < -0.4 is 10.6 Å². The van der Waals surface area contributed by atoms with Gasteiger partial charge in [-0.25, -0.2) is 9.78 Å². The second-order valence-electron chi connectivity index (χ2n) is 4.19. The van der Waals surface area contributed by atoms with Crippen LogP contribution in [0.5, 0.6) is 0 Å². The fraction of sp³-hybridized carbons (Fsp3) is 0.636. The molecule has 1 heterocycles. The summed E-state index contributed by atoms with van der Waals surface area (Å²) in [5.74, 6) is -0.186. The van der Waals surface area contributed by atoms with Crippen LogP contribution in [0.4, 0.5) is 4.79 Å². The minimum Gasteiger partial charge on any atom is -0.481 e. The molecule has 106 valence electrons. The van der Waals surface area contributed by atoms with Crippen LogP contribution in [0.25, 0.3) is 0 Å². The smallest absolute Gasteiger partial charge is 0.314 e. The number of hydrogen-bond acceptors (Lipinski definition) is 4. The number of nitrogens with one attached hydrogen (secondary N) is 3. The number of carboxylic acid groups (broad SMARTS) is 1. The van der Waals surface area contributed by atoms with Gasteiger partial charge in [-0.1, -0.05) is 13.3 Å². The van der Waals surface area contributed by atoms with E-state index in [1.165, 1.54) is 6.33 Å². The number of carbonyl (C=O) groups is 2. The first kappa shape index (κ1) is 14.9. The SMILES string of the molecule is CCC(CNC(=O)NCCc1ncn[nH]1)CC(=O)O. The first-order valence-corrected chi connectivity index (χ1v) is 6.19. The fourth-order valence-corrected chi connectivity index (χ4v) is 1.55. The van der Waals surface area contributed by atoms with Gasteiger partial charge in [0, 0.05) is 25.9 Å².